The topological polar surface area (TPSA) is 98.0 Å². The van der Waals surface area contributed by atoms with Gasteiger partial charge in [0, 0.05) is 0 Å². The normalized spacial score (nSPS) is 40.8. The third kappa shape index (κ3) is 2.36. The number of aliphatic hydroxyl groups is 3. The molecular formula is C11H20O5. The molecule has 5 unspecified atom stereocenters. The van der Waals surface area contributed by atoms with Gasteiger partial charge in [0.15, 0.2) is 0 Å². The van der Waals surface area contributed by atoms with E-state index in [1.807, 2.05) is 20.8 Å². The van der Waals surface area contributed by atoms with Gasteiger partial charge in [-0.05, 0) is 17.8 Å². The number of carboxylic acid groups (broad SMARTS) is 1. The second-order valence-electron chi connectivity index (χ2n) is 5.62. The van der Waals surface area contributed by atoms with Crippen LogP contribution in [0.15, 0.2) is 0 Å². The summed E-state index contributed by atoms with van der Waals surface area (Å²) in [4.78, 5) is 11.1. The molecule has 0 aromatic carbocycles. The summed E-state index contributed by atoms with van der Waals surface area (Å²) in [5, 5.41) is 37.9. The van der Waals surface area contributed by atoms with Crippen molar-refractivity contribution >= 4 is 5.97 Å². The van der Waals surface area contributed by atoms with E-state index in [4.69, 9.17) is 5.11 Å². The Morgan fingerprint density at radius 1 is 1.12 bits per heavy atom. The Bertz CT molecular complexity index is 270. The number of aliphatic hydroxyl groups excluding tert-OH is 3. The molecule has 0 spiro atoms. The molecule has 0 amide bonds. The van der Waals surface area contributed by atoms with Crippen LogP contribution in [0.3, 0.4) is 0 Å². The van der Waals surface area contributed by atoms with Crippen LogP contribution in [-0.2, 0) is 4.79 Å². The lowest BCUT2D eigenvalue weighted by Gasteiger charge is -2.44. The van der Waals surface area contributed by atoms with Crippen LogP contribution in [-0.4, -0.2) is 44.7 Å². The number of rotatable bonds is 1. The van der Waals surface area contributed by atoms with Gasteiger partial charge in [-0.15, -0.1) is 0 Å². The van der Waals surface area contributed by atoms with Gasteiger partial charge in [0.05, 0.1) is 18.1 Å². The summed E-state index contributed by atoms with van der Waals surface area (Å²) in [6.07, 6.45) is -3.65. The quantitative estimate of drug-likeness (QED) is 0.503. The Morgan fingerprint density at radius 3 is 2.00 bits per heavy atom. The highest BCUT2D eigenvalue weighted by atomic mass is 16.4. The molecule has 16 heavy (non-hydrogen) atoms. The van der Waals surface area contributed by atoms with Crippen LogP contribution in [0.1, 0.15) is 27.2 Å². The summed E-state index contributed by atoms with van der Waals surface area (Å²) >= 11 is 0. The number of hydrogen-bond donors (Lipinski definition) is 4. The molecule has 5 atom stereocenters. The average molecular weight is 232 g/mol. The summed E-state index contributed by atoms with van der Waals surface area (Å²) in [5.41, 5.74) is -0.342. The largest absolute Gasteiger partial charge is 0.481 e. The van der Waals surface area contributed by atoms with E-state index in [9.17, 15) is 20.1 Å². The van der Waals surface area contributed by atoms with E-state index in [0.29, 0.717) is 0 Å². The van der Waals surface area contributed by atoms with Crippen molar-refractivity contribution in [1.29, 1.82) is 0 Å². The fraction of sp³-hybridized carbons (Fsp3) is 0.909. The highest BCUT2D eigenvalue weighted by Crippen LogP contribution is 2.42. The van der Waals surface area contributed by atoms with Gasteiger partial charge in [0.2, 0.25) is 0 Å². The van der Waals surface area contributed by atoms with Crippen LogP contribution in [0, 0.1) is 17.3 Å². The first-order valence-corrected chi connectivity index (χ1v) is 5.43. The molecule has 1 saturated carbocycles. The van der Waals surface area contributed by atoms with Crippen molar-refractivity contribution in [1.82, 2.24) is 0 Å². The number of carbonyl (C=O) groups is 1. The lowest BCUT2D eigenvalue weighted by molar-refractivity contribution is -0.177. The van der Waals surface area contributed by atoms with E-state index in [1.54, 1.807) is 0 Å². The predicted octanol–water partition coefficient (Wildman–Crippen LogP) is -0.164. The molecule has 0 aromatic heterocycles. The minimum absolute atomic E-state index is 0.193. The van der Waals surface area contributed by atoms with Gasteiger partial charge >= 0.3 is 5.97 Å². The van der Waals surface area contributed by atoms with Crippen molar-refractivity contribution in [3.8, 4) is 0 Å². The minimum atomic E-state index is -1.41. The number of aliphatic carboxylic acids is 1. The summed E-state index contributed by atoms with van der Waals surface area (Å²) in [6.45, 7) is 5.60. The first-order chi connectivity index (χ1) is 7.16. The monoisotopic (exact) mass is 232 g/mol. The molecule has 0 aliphatic heterocycles. The highest BCUT2D eigenvalue weighted by molar-refractivity contribution is 5.71. The molecule has 5 nitrogen and oxygen atoms in total. The average Bonchev–Trinajstić information content (AvgIpc) is 2.11. The van der Waals surface area contributed by atoms with Gasteiger partial charge in [-0.1, -0.05) is 20.8 Å². The van der Waals surface area contributed by atoms with Gasteiger partial charge in [-0.2, -0.15) is 0 Å². The van der Waals surface area contributed by atoms with Crippen molar-refractivity contribution in [2.24, 2.45) is 17.3 Å². The van der Waals surface area contributed by atoms with Crippen LogP contribution < -0.4 is 0 Å². The molecule has 0 aromatic rings. The van der Waals surface area contributed by atoms with Crippen molar-refractivity contribution in [2.45, 2.75) is 45.5 Å². The Balaban J connectivity index is 3.02. The Kier molecular flexibility index (Phi) is 3.62. The van der Waals surface area contributed by atoms with Crippen LogP contribution in [0.2, 0.25) is 0 Å². The van der Waals surface area contributed by atoms with E-state index in [-0.39, 0.29) is 17.8 Å². The van der Waals surface area contributed by atoms with Gasteiger partial charge in [0.25, 0.3) is 0 Å². The first kappa shape index (κ1) is 13.4. The summed E-state index contributed by atoms with van der Waals surface area (Å²) in [7, 11) is 0. The van der Waals surface area contributed by atoms with Crippen LogP contribution in [0.5, 0.6) is 0 Å². The van der Waals surface area contributed by atoms with E-state index >= 15 is 0 Å². The molecule has 5 heteroatoms. The third-order valence-electron chi connectivity index (χ3n) is 3.44. The van der Waals surface area contributed by atoms with Crippen LogP contribution in [0.4, 0.5) is 0 Å². The predicted molar refractivity (Wildman–Crippen MR) is 56.7 cm³/mol. The second-order valence-corrected chi connectivity index (χ2v) is 5.62. The van der Waals surface area contributed by atoms with Crippen LogP contribution >= 0.6 is 0 Å². The highest BCUT2D eigenvalue weighted by Gasteiger charge is 2.50. The van der Waals surface area contributed by atoms with Crippen molar-refractivity contribution in [3.05, 3.63) is 0 Å². The molecule has 1 aliphatic rings. The summed E-state index contributed by atoms with van der Waals surface area (Å²) in [6, 6.07) is 0. The van der Waals surface area contributed by atoms with E-state index in [2.05, 4.69) is 0 Å². The second kappa shape index (κ2) is 4.31. The summed E-state index contributed by atoms with van der Waals surface area (Å²) in [5.74, 6) is -2.52. The lowest BCUT2D eigenvalue weighted by Crippen LogP contribution is -2.55. The van der Waals surface area contributed by atoms with Crippen molar-refractivity contribution in [2.75, 3.05) is 0 Å². The number of carboxylic acids is 1. The smallest absolute Gasteiger partial charge is 0.309 e. The molecule has 0 saturated heterocycles. The van der Waals surface area contributed by atoms with Crippen LogP contribution in [0.25, 0.3) is 0 Å². The van der Waals surface area contributed by atoms with Gasteiger partial charge in [-0.25, -0.2) is 0 Å². The molecule has 4 N–H and O–H groups in total. The first-order valence-electron chi connectivity index (χ1n) is 5.43. The zero-order valence-corrected chi connectivity index (χ0v) is 9.79. The maximum absolute atomic E-state index is 11.1. The third-order valence-corrected chi connectivity index (χ3v) is 3.44. The zero-order valence-electron chi connectivity index (χ0n) is 9.79. The van der Waals surface area contributed by atoms with Gasteiger partial charge in [0.1, 0.15) is 6.10 Å². The van der Waals surface area contributed by atoms with Gasteiger partial charge < -0.3 is 20.4 Å². The molecule has 1 fully saturated rings. The van der Waals surface area contributed by atoms with E-state index in [1.165, 1.54) is 0 Å². The van der Waals surface area contributed by atoms with Crippen molar-refractivity contribution < 1.29 is 25.2 Å². The minimum Gasteiger partial charge on any atom is -0.481 e. The van der Waals surface area contributed by atoms with Crippen molar-refractivity contribution in [3.63, 3.8) is 0 Å². The Morgan fingerprint density at radius 2 is 1.62 bits per heavy atom. The Labute approximate surface area is 94.7 Å². The molecule has 1 aliphatic carbocycles. The lowest BCUT2D eigenvalue weighted by atomic mass is 9.64. The van der Waals surface area contributed by atoms with E-state index in [0.717, 1.165) is 0 Å². The standard InChI is InChI=1S/C11H20O5/c1-11(2,3)5-4-6(12)8(13)9(14)7(5)10(15)16/h5-9,12-14H,4H2,1-3H3,(H,15,16). The molecule has 1 rings (SSSR count). The maximum atomic E-state index is 11.1. The zero-order chi connectivity index (χ0) is 12.7. The fourth-order valence-electron chi connectivity index (χ4n) is 2.43. The maximum Gasteiger partial charge on any atom is 0.309 e. The SMILES string of the molecule is CC(C)(C)C1CC(O)C(O)C(O)C1C(=O)O. The molecule has 0 heterocycles. The number of hydrogen-bond acceptors (Lipinski definition) is 4. The molecular weight excluding hydrogens is 212 g/mol. The molecule has 94 valence electrons. The Hall–Kier alpha value is -0.650. The van der Waals surface area contributed by atoms with Gasteiger partial charge in [-0.3, -0.25) is 4.79 Å². The molecule has 0 radical (unpaired) electrons. The molecule has 0 bridgehead atoms. The summed E-state index contributed by atoms with van der Waals surface area (Å²) < 4.78 is 0. The fourth-order valence-corrected chi connectivity index (χ4v) is 2.43. The van der Waals surface area contributed by atoms with E-state index < -0.39 is 30.2 Å².